The summed E-state index contributed by atoms with van der Waals surface area (Å²) in [4.78, 5) is 4.14. The highest BCUT2D eigenvalue weighted by molar-refractivity contribution is 5.13. The summed E-state index contributed by atoms with van der Waals surface area (Å²) >= 11 is 0. The van der Waals surface area contributed by atoms with Crippen LogP contribution in [0.1, 0.15) is 37.8 Å². The van der Waals surface area contributed by atoms with Crippen molar-refractivity contribution in [3.8, 4) is 12.3 Å². The predicted molar refractivity (Wildman–Crippen MR) is 63.3 cm³/mol. The summed E-state index contributed by atoms with van der Waals surface area (Å²) < 4.78 is 0. The highest BCUT2D eigenvalue weighted by Gasteiger charge is 2.08. The van der Waals surface area contributed by atoms with Crippen molar-refractivity contribution < 1.29 is 0 Å². The molecule has 2 heteroatoms. The number of hydrogen-bond acceptors (Lipinski definition) is 2. The molecule has 0 aromatic carbocycles. The van der Waals surface area contributed by atoms with Gasteiger partial charge in [-0.25, -0.2) is 0 Å². The van der Waals surface area contributed by atoms with Crippen LogP contribution in [0.5, 0.6) is 0 Å². The van der Waals surface area contributed by atoms with Crippen molar-refractivity contribution in [3.63, 3.8) is 0 Å². The second-order valence-corrected chi connectivity index (χ2v) is 3.49. The average molecular weight is 202 g/mol. The van der Waals surface area contributed by atoms with Crippen molar-refractivity contribution in [2.45, 2.75) is 32.2 Å². The molecule has 1 aromatic rings. The van der Waals surface area contributed by atoms with Crippen molar-refractivity contribution in [3.05, 3.63) is 30.1 Å². The van der Waals surface area contributed by atoms with E-state index in [9.17, 15) is 0 Å². The van der Waals surface area contributed by atoms with E-state index < -0.39 is 0 Å². The van der Waals surface area contributed by atoms with Crippen LogP contribution in [0.4, 0.5) is 0 Å². The van der Waals surface area contributed by atoms with E-state index in [4.69, 9.17) is 6.42 Å². The second-order valence-electron chi connectivity index (χ2n) is 3.49. The number of hydrogen-bond donors (Lipinski definition) is 1. The topological polar surface area (TPSA) is 24.9 Å². The molecule has 0 aliphatic heterocycles. The van der Waals surface area contributed by atoms with Crippen LogP contribution in [0.3, 0.4) is 0 Å². The van der Waals surface area contributed by atoms with Gasteiger partial charge in [0.1, 0.15) is 0 Å². The Morgan fingerprint density at radius 1 is 1.60 bits per heavy atom. The molecule has 1 aromatic heterocycles. The van der Waals surface area contributed by atoms with Crippen LogP contribution in [-0.2, 0) is 0 Å². The fourth-order valence-electron chi connectivity index (χ4n) is 1.62. The molecule has 0 saturated carbocycles. The largest absolute Gasteiger partial charge is 0.310 e. The van der Waals surface area contributed by atoms with Gasteiger partial charge in [-0.15, -0.1) is 12.3 Å². The molecule has 0 spiro atoms. The van der Waals surface area contributed by atoms with Crippen molar-refractivity contribution in [1.82, 2.24) is 10.3 Å². The average Bonchev–Trinajstić information content (AvgIpc) is 2.29. The van der Waals surface area contributed by atoms with Gasteiger partial charge in [-0.05, 0) is 31.0 Å². The Labute approximate surface area is 92.1 Å². The van der Waals surface area contributed by atoms with E-state index in [0.29, 0.717) is 6.04 Å². The van der Waals surface area contributed by atoms with E-state index in [-0.39, 0.29) is 0 Å². The molecule has 0 fully saturated rings. The molecular weight excluding hydrogens is 184 g/mol. The molecule has 0 radical (unpaired) electrons. The fraction of sp³-hybridized carbons (Fsp3) is 0.462. The van der Waals surface area contributed by atoms with Gasteiger partial charge in [0.05, 0.1) is 0 Å². The molecule has 0 aliphatic carbocycles. The lowest BCUT2D eigenvalue weighted by Gasteiger charge is -2.17. The Kier molecular flexibility index (Phi) is 5.50. The van der Waals surface area contributed by atoms with Crippen LogP contribution >= 0.6 is 0 Å². The normalized spacial score (nSPS) is 12.0. The van der Waals surface area contributed by atoms with E-state index in [0.717, 1.165) is 25.8 Å². The monoisotopic (exact) mass is 202 g/mol. The Balaban J connectivity index is 2.54. The maximum Gasteiger partial charge on any atom is 0.0335 e. The lowest BCUT2D eigenvalue weighted by Crippen LogP contribution is -2.20. The molecule has 1 atom stereocenters. The standard InChI is InChI=1S/C13H18N2/c1-3-5-6-9-13(15-4-2)12-8-7-10-14-11-12/h1,7-8,10-11,13,15H,4-6,9H2,2H3. The first-order chi connectivity index (χ1) is 7.38. The number of nitrogens with zero attached hydrogens (tertiary/aromatic N) is 1. The number of rotatable bonds is 6. The molecular formula is C13H18N2. The highest BCUT2D eigenvalue weighted by atomic mass is 14.9. The van der Waals surface area contributed by atoms with Crippen LogP contribution < -0.4 is 5.32 Å². The minimum atomic E-state index is 0.386. The van der Waals surface area contributed by atoms with E-state index in [2.05, 4.69) is 29.2 Å². The zero-order chi connectivity index (χ0) is 10.9. The predicted octanol–water partition coefficient (Wildman–Crippen LogP) is 2.54. The summed E-state index contributed by atoms with van der Waals surface area (Å²) in [7, 11) is 0. The molecule has 1 N–H and O–H groups in total. The number of pyridine rings is 1. The molecule has 15 heavy (non-hydrogen) atoms. The van der Waals surface area contributed by atoms with Gasteiger partial charge in [-0.1, -0.05) is 13.0 Å². The molecule has 1 rings (SSSR count). The number of unbranched alkanes of at least 4 members (excludes halogenated alkanes) is 1. The molecule has 2 nitrogen and oxygen atoms in total. The lowest BCUT2D eigenvalue weighted by atomic mass is 10.0. The molecule has 80 valence electrons. The first kappa shape index (κ1) is 11.7. The van der Waals surface area contributed by atoms with Gasteiger partial charge < -0.3 is 5.32 Å². The summed E-state index contributed by atoms with van der Waals surface area (Å²) in [5.74, 6) is 2.67. The number of aromatic nitrogens is 1. The smallest absolute Gasteiger partial charge is 0.0335 e. The third kappa shape index (κ3) is 4.14. The van der Waals surface area contributed by atoms with E-state index >= 15 is 0 Å². The third-order valence-electron chi connectivity index (χ3n) is 2.35. The van der Waals surface area contributed by atoms with Gasteiger partial charge in [-0.2, -0.15) is 0 Å². The first-order valence-electron chi connectivity index (χ1n) is 5.45. The van der Waals surface area contributed by atoms with Gasteiger partial charge in [-0.3, -0.25) is 4.98 Å². The van der Waals surface area contributed by atoms with Gasteiger partial charge in [0.15, 0.2) is 0 Å². The molecule has 0 bridgehead atoms. The van der Waals surface area contributed by atoms with E-state index in [1.165, 1.54) is 5.56 Å². The quantitative estimate of drug-likeness (QED) is 0.566. The van der Waals surface area contributed by atoms with Crippen molar-refractivity contribution in [2.75, 3.05) is 6.54 Å². The Morgan fingerprint density at radius 2 is 2.47 bits per heavy atom. The van der Waals surface area contributed by atoms with Gasteiger partial charge in [0, 0.05) is 24.9 Å². The number of terminal acetylenes is 1. The minimum absolute atomic E-state index is 0.386. The molecule has 1 heterocycles. The molecule has 0 aliphatic rings. The molecule has 1 unspecified atom stereocenters. The molecule has 0 saturated heterocycles. The molecule has 0 amide bonds. The summed E-state index contributed by atoms with van der Waals surface area (Å²) in [6.07, 6.45) is 11.9. The number of nitrogens with one attached hydrogen (secondary N) is 1. The van der Waals surface area contributed by atoms with Crippen LogP contribution in [0.15, 0.2) is 24.5 Å². The van der Waals surface area contributed by atoms with E-state index in [1.54, 1.807) is 6.20 Å². The van der Waals surface area contributed by atoms with Crippen LogP contribution in [0.2, 0.25) is 0 Å². The maximum absolute atomic E-state index is 5.24. The minimum Gasteiger partial charge on any atom is -0.310 e. The fourth-order valence-corrected chi connectivity index (χ4v) is 1.62. The Hall–Kier alpha value is -1.33. The summed E-state index contributed by atoms with van der Waals surface area (Å²) in [6.45, 7) is 3.08. The zero-order valence-corrected chi connectivity index (χ0v) is 9.24. The summed E-state index contributed by atoms with van der Waals surface area (Å²) in [5, 5.41) is 3.45. The van der Waals surface area contributed by atoms with Gasteiger partial charge in [0.25, 0.3) is 0 Å². The summed E-state index contributed by atoms with van der Waals surface area (Å²) in [5.41, 5.74) is 1.25. The van der Waals surface area contributed by atoms with Gasteiger partial charge in [0.2, 0.25) is 0 Å². The zero-order valence-electron chi connectivity index (χ0n) is 9.24. The SMILES string of the molecule is C#CCCCC(NCC)c1cccnc1. The van der Waals surface area contributed by atoms with Crippen LogP contribution in [-0.4, -0.2) is 11.5 Å². The first-order valence-corrected chi connectivity index (χ1v) is 5.45. The highest BCUT2D eigenvalue weighted by Crippen LogP contribution is 2.17. The van der Waals surface area contributed by atoms with Crippen molar-refractivity contribution in [2.24, 2.45) is 0 Å². The van der Waals surface area contributed by atoms with Crippen LogP contribution in [0.25, 0.3) is 0 Å². The summed E-state index contributed by atoms with van der Waals surface area (Å²) in [6, 6.07) is 4.47. The van der Waals surface area contributed by atoms with Crippen LogP contribution in [0, 0.1) is 12.3 Å². The van der Waals surface area contributed by atoms with E-state index in [1.807, 2.05) is 12.3 Å². The maximum atomic E-state index is 5.24. The third-order valence-corrected chi connectivity index (χ3v) is 2.35. The lowest BCUT2D eigenvalue weighted by molar-refractivity contribution is 0.500. The van der Waals surface area contributed by atoms with Crippen molar-refractivity contribution >= 4 is 0 Å². The Bertz CT molecular complexity index is 300. The second kappa shape index (κ2) is 7.03. The van der Waals surface area contributed by atoms with Crippen molar-refractivity contribution in [1.29, 1.82) is 0 Å². The van der Waals surface area contributed by atoms with Gasteiger partial charge >= 0.3 is 0 Å². The Morgan fingerprint density at radius 3 is 3.07 bits per heavy atom.